The molecule has 0 aliphatic carbocycles. The molecule has 0 bridgehead atoms. The van der Waals surface area contributed by atoms with E-state index in [-0.39, 0.29) is 0 Å². The van der Waals surface area contributed by atoms with Crippen LogP contribution in [0, 0.1) is 0 Å². The molecule has 5 nitrogen and oxygen atoms in total. The first kappa shape index (κ1) is 14.3. The lowest BCUT2D eigenvalue weighted by molar-refractivity contribution is 0.162. The average Bonchev–Trinajstić information content (AvgIpc) is 2.95. The third-order valence-electron chi connectivity index (χ3n) is 3.24. The van der Waals surface area contributed by atoms with Gasteiger partial charge < -0.3 is 9.67 Å². The fourth-order valence-electron chi connectivity index (χ4n) is 2.18. The quantitative estimate of drug-likeness (QED) is 0.916. The zero-order valence-corrected chi connectivity index (χ0v) is 13.1. The fraction of sp³-hybridized carbons (Fsp3) is 0.538. The third kappa shape index (κ3) is 2.74. The van der Waals surface area contributed by atoms with Crippen LogP contribution < -0.4 is 0 Å². The van der Waals surface area contributed by atoms with Crippen molar-refractivity contribution in [3.8, 4) is 0 Å². The summed E-state index contributed by atoms with van der Waals surface area (Å²) in [6, 6.07) is 0. The van der Waals surface area contributed by atoms with Crippen molar-refractivity contribution < 1.29 is 5.11 Å². The molecule has 0 fully saturated rings. The van der Waals surface area contributed by atoms with Crippen LogP contribution in [0.1, 0.15) is 37.2 Å². The van der Waals surface area contributed by atoms with Gasteiger partial charge in [0.15, 0.2) is 0 Å². The summed E-state index contributed by atoms with van der Waals surface area (Å²) in [6.07, 6.45) is 4.29. The van der Waals surface area contributed by atoms with Crippen molar-refractivity contribution in [2.75, 3.05) is 0 Å². The van der Waals surface area contributed by atoms with E-state index in [1.54, 1.807) is 6.20 Å². The molecule has 0 saturated carbocycles. The molecule has 2 rings (SSSR count). The summed E-state index contributed by atoms with van der Waals surface area (Å²) in [5.41, 5.74) is 2.05. The van der Waals surface area contributed by atoms with E-state index in [4.69, 9.17) is 0 Å². The minimum atomic E-state index is -0.622. The highest BCUT2D eigenvalue weighted by molar-refractivity contribution is 9.10. The summed E-state index contributed by atoms with van der Waals surface area (Å²) in [4.78, 5) is 4.19. The van der Waals surface area contributed by atoms with Crippen molar-refractivity contribution in [1.29, 1.82) is 0 Å². The van der Waals surface area contributed by atoms with Gasteiger partial charge in [0.05, 0.1) is 15.9 Å². The molecular weight excluding hydrogens is 308 g/mol. The zero-order valence-electron chi connectivity index (χ0n) is 11.5. The van der Waals surface area contributed by atoms with E-state index in [0.29, 0.717) is 12.2 Å². The molecule has 1 atom stereocenters. The maximum Gasteiger partial charge on any atom is 0.137 e. The van der Waals surface area contributed by atoms with Crippen molar-refractivity contribution in [3.05, 3.63) is 34.1 Å². The van der Waals surface area contributed by atoms with Crippen LogP contribution in [0.15, 0.2) is 16.9 Å². The van der Waals surface area contributed by atoms with Gasteiger partial charge in [0, 0.05) is 32.4 Å². The lowest BCUT2D eigenvalue weighted by Gasteiger charge is -2.12. The van der Waals surface area contributed by atoms with Gasteiger partial charge in [0.25, 0.3) is 0 Å². The summed E-state index contributed by atoms with van der Waals surface area (Å²) in [6.45, 7) is 4.92. The largest absolute Gasteiger partial charge is 0.385 e. The van der Waals surface area contributed by atoms with Gasteiger partial charge in [-0.05, 0) is 29.3 Å². The van der Waals surface area contributed by atoms with Crippen LogP contribution in [0.4, 0.5) is 0 Å². The highest BCUT2D eigenvalue weighted by Crippen LogP contribution is 2.26. The predicted octanol–water partition coefficient (Wildman–Crippen LogP) is 2.24. The summed E-state index contributed by atoms with van der Waals surface area (Å²) < 4.78 is 4.78. The van der Waals surface area contributed by atoms with E-state index in [1.807, 2.05) is 22.5 Å². The van der Waals surface area contributed by atoms with Crippen LogP contribution in [0.3, 0.4) is 0 Å². The lowest BCUT2D eigenvalue weighted by Crippen LogP contribution is -2.12. The van der Waals surface area contributed by atoms with E-state index >= 15 is 0 Å². The van der Waals surface area contributed by atoms with Crippen LogP contribution in [0.25, 0.3) is 0 Å². The van der Waals surface area contributed by atoms with Gasteiger partial charge in [0.1, 0.15) is 11.9 Å². The Labute approximate surface area is 121 Å². The third-order valence-corrected chi connectivity index (χ3v) is 4.15. The molecular formula is C13H19BrN4O. The van der Waals surface area contributed by atoms with Gasteiger partial charge in [-0.3, -0.25) is 4.68 Å². The Balaban J connectivity index is 2.28. The average molecular weight is 327 g/mol. The standard InChI is InChI=1S/C13H19BrN4O/c1-4-9-12(14)10(18(5-2)16-9)8-11(19)13-15-6-7-17(13)3/h6-7,11,19H,4-5,8H2,1-3H3. The minimum absolute atomic E-state index is 0.506. The molecule has 2 heterocycles. The molecule has 1 unspecified atom stereocenters. The highest BCUT2D eigenvalue weighted by atomic mass is 79.9. The summed E-state index contributed by atoms with van der Waals surface area (Å²) in [7, 11) is 1.88. The monoisotopic (exact) mass is 326 g/mol. The van der Waals surface area contributed by atoms with E-state index in [0.717, 1.165) is 28.8 Å². The highest BCUT2D eigenvalue weighted by Gasteiger charge is 2.20. The molecule has 0 aliphatic heterocycles. The molecule has 0 saturated heterocycles. The Hall–Kier alpha value is -1.14. The molecule has 0 amide bonds. The van der Waals surface area contributed by atoms with Gasteiger partial charge in [0.2, 0.25) is 0 Å². The van der Waals surface area contributed by atoms with Crippen LogP contribution in [0.2, 0.25) is 0 Å². The fourth-order valence-corrected chi connectivity index (χ4v) is 2.91. The van der Waals surface area contributed by atoms with Crippen LogP contribution in [-0.2, 0) is 26.4 Å². The van der Waals surface area contributed by atoms with Gasteiger partial charge in [-0.15, -0.1) is 0 Å². The number of aliphatic hydroxyl groups excluding tert-OH is 1. The van der Waals surface area contributed by atoms with E-state index in [1.165, 1.54) is 0 Å². The van der Waals surface area contributed by atoms with Gasteiger partial charge in [-0.25, -0.2) is 4.98 Å². The van der Waals surface area contributed by atoms with E-state index in [9.17, 15) is 5.11 Å². The van der Waals surface area contributed by atoms with Crippen molar-refractivity contribution >= 4 is 15.9 Å². The molecule has 0 aromatic carbocycles. The number of halogens is 1. The minimum Gasteiger partial charge on any atom is -0.385 e. The second kappa shape index (κ2) is 5.88. The number of hydrogen-bond acceptors (Lipinski definition) is 3. The first-order valence-corrected chi connectivity index (χ1v) is 7.27. The summed E-state index contributed by atoms with van der Waals surface area (Å²) in [5.74, 6) is 0.675. The van der Waals surface area contributed by atoms with Gasteiger partial charge in [-0.2, -0.15) is 5.10 Å². The molecule has 0 spiro atoms. The maximum absolute atomic E-state index is 10.3. The number of imidazole rings is 1. The van der Waals surface area contributed by atoms with Crippen LogP contribution in [-0.4, -0.2) is 24.4 Å². The van der Waals surface area contributed by atoms with Gasteiger partial charge >= 0.3 is 0 Å². The Morgan fingerprint density at radius 1 is 1.42 bits per heavy atom. The lowest BCUT2D eigenvalue weighted by atomic mass is 10.1. The zero-order chi connectivity index (χ0) is 14.0. The predicted molar refractivity (Wildman–Crippen MR) is 76.9 cm³/mol. The molecule has 19 heavy (non-hydrogen) atoms. The van der Waals surface area contributed by atoms with Crippen molar-refractivity contribution in [2.24, 2.45) is 7.05 Å². The number of rotatable bonds is 5. The number of aryl methyl sites for hydroxylation is 3. The SMILES string of the molecule is CCc1nn(CC)c(CC(O)c2nccn2C)c1Br. The Morgan fingerprint density at radius 3 is 2.68 bits per heavy atom. The van der Waals surface area contributed by atoms with Crippen molar-refractivity contribution in [1.82, 2.24) is 19.3 Å². The molecule has 2 aromatic rings. The normalized spacial score (nSPS) is 12.9. The molecule has 0 radical (unpaired) electrons. The molecule has 2 aromatic heterocycles. The number of hydrogen-bond donors (Lipinski definition) is 1. The smallest absolute Gasteiger partial charge is 0.137 e. The summed E-state index contributed by atoms with van der Waals surface area (Å²) >= 11 is 3.59. The first-order valence-electron chi connectivity index (χ1n) is 6.47. The number of aliphatic hydroxyl groups is 1. The van der Waals surface area contributed by atoms with E-state index < -0.39 is 6.10 Å². The van der Waals surface area contributed by atoms with Crippen LogP contribution in [0.5, 0.6) is 0 Å². The second-order valence-electron chi connectivity index (χ2n) is 4.49. The Bertz CT molecular complexity index is 561. The second-order valence-corrected chi connectivity index (χ2v) is 5.29. The van der Waals surface area contributed by atoms with Crippen LogP contribution >= 0.6 is 15.9 Å². The Morgan fingerprint density at radius 2 is 2.16 bits per heavy atom. The topological polar surface area (TPSA) is 55.9 Å². The Kier molecular flexibility index (Phi) is 4.42. The van der Waals surface area contributed by atoms with E-state index in [2.05, 4.69) is 39.9 Å². The number of nitrogens with zero attached hydrogens (tertiary/aromatic N) is 4. The molecule has 6 heteroatoms. The van der Waals surface area contributed by atoms with Gasteiger partial charge in [-0.1, -0.05) is 6.92 Å². The molecule has 0 aliphatic rings. The molecule has 104 valence electrons. The van der Waals surface area contributed by atoms with Crippen molar-refractivity contribution in [2.45, 2.75) is 39.3 Å². The van der Waals surface area contributed by atoms with Crippen molar-refractivity contribution in [3.63, 3.8) is 0 Å². The number of aromatic nitrogens is 4. The summed E-state index contributed by atoms with van der Waals surface area (Å²) in [5, 5.41) is 14.9. The first-order chi connectivity index (χ1) is 9.08. The molecule has 1 N–H and O–H groups in total. The maximum atomic E-state index is 10.3.